The maximum absolute atomic E-state index is 10.5. The predicted octanol–water partition coefficient (Wildman–Crippen LogP) is 1.59. The first-order chi connectivity index (χ1) is 8.31. The highest BCUT2D eigenvalue weighted by molar-refractivity contribution is 8.18. The van der Waals surface area contributed by atoms with E-state index in [1.54, 1.807) is 12.1 Å². The van der Waals surface area contributed by atoms with Gasteiger partial charge in [-0.1, -0.05) is 0 Å². The number of hydrogen-bond acceptors (Lipinski definition) is 6. The second-order valence-electron chi connectivity index (χ2n) is 3.08. The summed E-state index contributed by atoms with van der Waals surface area (Å²) in [5, 5.41) is 17.6. The third kappa shape index (κ3) is 4.99. The third-order valence-electron chi connectivity index (χ3n) is 1.84. The van der Waals surface area contributed by atoms with Crippen LogP contribution in [-0.4, -0.2) is 41.2 Å². The maximum atomic E-state index is 10.5. The molecule has 0 fully saturated rings. The van der Waals surface area contributed by atoms with Gasteiger partial charge in [-0.3, -0.25) is 8.51 Å². The van der Waals surface area contributed by atoms with Crippen LogP contribution in [0.4, 0.5) is 5.69 Å². The molecule has 0 aliphatic heterocycles. The largest absolute Gasteiger partial charge is 0.395 e. The van der Waals surface area contributed by atoms with Gasteiger partial charge in [0.05, 0.1) is 18.9 Å². The summed E-state index contributed by atoms with van der Waals surface area (Å²) in [6, 6.07) is 7.18. The molecule has 2 N–H and O–H groups in total. The molecular weight excluding hydrogens is 258 g/mol. The van der Waals surface area contributed by atoms with Crippen LogP contribution < -0.4 is 3.71 Å². The highest BCUT2D eigenvalue weighted by Gasteiger charge is 2.07. The van der Waals surface area contributed by atoms with Crippen molar-refractivity contribution in [3.63, 3.8) is 0 Å². The molecule has 0 amide bonds. The van der Waals surface area contributed by atoms with Gasteiger partial charge in [0, 0.05) is 17.1 Å². The molecule has 17 heavy (non-hydrogen) atoms. The Morgan fingerprint density at radius 3 is 2.00 bits per heavy atom. The fraction of sp³-hybridized carbons (Fsp3) is 0.364. The summed E-state index contributed by atoms with van der Waals surface area (Å²) in [6.45, 7) is 0.209. The van der Waals surface area contributed by atoms with E-state index in [0.29, 0.717) is 17.1 Å². The Morgan fingerprint density at radius 1 is 1.06 bits per heavy atom. The van der Waals surface area contributed by atoms with Gasteiger partial charge < -0.3 is 10.2 Å². The summed E-state index contributed by atoms with van der Waals surface area (Å²) in [5.74, 6) is 1.18. The lowest BCUT2D eigenvalue weighted by molar-refractivity contribution is 0.112. The van der Waals surface area contributed by atoms with E-state index in [-0.39, 0.29) is 13.2 Å². The second-order valence-corrected chi connectivity index (χ2v) is 5.37. The number of hydrogen-bond donors (Lipinski definition) is 2. The van der Waals surface area contributed by atoms with Gasteiger partial charge in [0.15, 0.2) is 0 Å². The highest BCUT2D eigenvalue weighted by atomic mass is 32.2. The summed E-state index contributed by atoms with van der Waals surface area (Å²) in [4.78, 5) is 10.5. The van der Waals surface area contributed by atoms with E-state index in [4.69, 9.17) is 10.2 Å². The van der Waals surface area contributed by atoms with Crippen LogP contribution in [0.3, 0.4) is 0 Å². The first kappa shape index (κ1) is 14.4. The molecule has 0 saturated heterocycles. The molecule has 6 heteroatoms. The van der Waals surface area contributed by atoms with E-state index in [1.807, 2.05) is 15.8 Å². The molecule has 1 aromatic rings. The Labute approximate surface area is 109 Å². The molecule has 0 atom stereocenters. The van der Waals surface area contributed by atoms with Gasteiger partial charge in [0.1, 0.15) is 6.29 Å². The Kier molecular flexibility index (Phi) is 7.11. The smallest absolute Gasteiger partial charge is 0.150 e. The van der Waals surface area contributed by atoms with Crippen molar-refractivity contribution in [3.05, 3.63) is 29.8 Å². The Bertz CT molecular complexity index is 324. The van der Waals surface area contributed by atoms with E-state index < -0.39 is 0 Å². The van der Waals surface area contributed by atoms with Crippen LogP contribution in [0, 0.1) is 0 Å². The lowest BCUT2D eigenvalue weighted by Crippen LogP contribution is -2.08. The van der Waals surface area contributed by atoms with Crippen LogP contribution in [0.2, 0.25) is 0 Å². The zero-order chi connectivity index (χ0) is 12.5. The highest BCUT2D eigenvalue weighted by Crippen LogP contribution is 2.30. The van der Waals surface area contributed by atoms with Gasteiger partial charge in [-0.15, -0.1) is 0 Å². The van der Waals surface area contributed by atoms with Crippen LogP contribution in [0.25, 0.3) is 0 Å². The summed E-state index contributed by atoms with van der Waals surface area (Å²) in [5.41, 5.74) is 1.57. The van der Waals surface area contributed by atoms with Crippen molar-refractivity contribution in [2.24, 2.45) is 0 Å². The molecule has 94 valence electrons. The Balaban J connectivity index is 2.68. The first-order valence-corrected chi connectivity index (χ1v) is 7.03. The number of benzene rings is 1. The third-order valence-corrected chi connectivity index (χ3v) is 4.09. The molecule has 0 aliphatic rings. The van der Waals surface area contributed by atoms with E-state index in [9.17, 15) is 4.79 Å². The van der Waals surface area contributed by atoms with Gasteiger partial charge in [-0.05, 0) is 48.2 Å². The molecule has 1 rings (SSSR count). The summed E-state index contributed by atoms with van der Waals surface area (Å²) in [6.07, 6.45) is 0.801. The molecule has 0 heterocycles. The topological polar surface area (TPSA) is 60.8 Å². The summed E-state index contributed by atoms with van der Waals surface area (Å²) in [7, 11) is 0. The number of anilines is 1. The number of aldehydes is 1. The fourth-order valence-electron chi connectivity index (χ4n) is 1.11. The van der Waals surface area contributed by atoms with E-state index in [2.05, 4.69) is 0 Å². The van der Waals surface area contributed by atoms with Crippen molar-refractivity contribution in [2.45, 2.75) is 0 Å². The predicted molar refractivity (Wildman–Crippen MR) is 73.4 cm³/mol. The zero-order valence-corrected chi connectivity index (χ0v) is 10.9. The normalized spacial score (nSPS) is 10.2. The molecular formula is C11H15NO3S2. The number of aliphatic hydroxyl groups excluding tert-OH is 2. The number of aliphatic hydroxyl groups is 2. The minimum absolute atomic E-state index is 0.104. The monoisotopic (exact) mass is 273 g/mol. The Hall–Kier alpha value is -0.690. The van der Waals surface area contributed by atoms with Crippen molar-refractivity contribution < 1.29 is 15.0 Å². The average molecular weight is 273 g/mol. The van der Waals surface area contributed by atoms with Crippen molar-refractivity contribution in [1.82, 2.24) is 0 Å². The second kappa shape index (κ2) is 8.41. The molecule has 0 aliphatic carbocycles. The standard InChI is InChI=1S/C11H15NO3S2/c13-5-7-16-12(17-8-6-14)11-3-1-10(9-15)2-4-11/h1-4,9,13-14H,5-8H2. The van der Waals surface area contributed by atoms with Crippen LogP contribution in [0.15, 0.2) is 24.3 Å². The molecule has 0 bridgehead atoms. The molecule has 1 aromatic carbocycles. The number of carbonyl (C=O) groups excluding carboxylic acids is 1. The SMILES string of the molecule is O=Cc1ccc(N(SCCO)SCCO)cc1. The van der Waals surface area contributed by atoms with Crippen LogP contribution >= 0.6 is 23.9 Å². The van der Waals surface area contributed by atoms with Gasteiger partial charge in [0.25, 0.3) is 0 Å². The number of carbonyl (C=O) groups is 1. The lowest BCUT2D eigenvalue weighted by atomic mass is 10.2. The van der Waals surface area contributed by atoms with Crippen molar-refractivity contribution in [2.75, 3.05) is 28.4 Å². The van der Waals surface area contributed by atoms with Crippen molar-refractivity contribution >= 4 is 35.9 Å². The number of nitrogens with zero attached hydrogens (tertiary/aromatic N) is 1. The minimum atomic E-state index is 0.104. The van der Waals surface area contributed by atoms with E-state index in [1.165, 1.54) is 23.9 Å². The fourth-order valence-corrected chi connectivity index (χ4v) is 2.89. The molecule has 0 radical (unpaired) electrons. The van der Waals surface area contributed by atoms with E-state index in [0.717, 1.165) is 12.0 Å². The lowest BCUT2D eigenvalue weighted by Gasteiger charge is -2.21. The summed E-state index contributed by atoms with van der Waals surface area (Å²) < 4.78 is 1.93. The minimum Gasteiger partial charge on any atom is -0.395 e. The molecule has 0 aromatic heterocycles. The van der Waals surface area contributed by atoms with Crippen LogP contribution in [0.1, 0.15) is 10.4 Å². The molecule has 0 unspecified atom stereocenters. The maximum Gasteiger partial charge on any atom is 0.150 e. The molecule has 0 spiro atoms. The van der Waals surface area contributed by atoms with Crippen LogP contribution in [-0.2, 0) is 0 Å². The number of rotatable bonds is 8. The van der Waals surface area contributed by atoms with Crippen molar-refractivity contribution in [1.29, 1.82) is 0 Å². The Morgan fingerprint density at radius 2 is 1.59 bits per heavy atom. The van der Waals surface area contributed by atoms with Crippen molar-refractivity contribution in [3.8, 4) is 0 Å². The summed E-state index contributed by atoms with van der Waals surface area (Å²) >= 11 is 2.95. The van der Waals surface area contributed by atoms with Gasteiger partial charge in [0.2, 0.25) is 0 Å². The van der Waals surface area contributed by atoms with Gasteiger partial charge >= 0.3 is 0 Å². The quantitative estimate of drug-likeness (QED) is 0.554. The zero-order valence-electron chi connectivity index (χ0n) is 9.28. The van der Waals surface area contributed by atoms with Crippen LogP contribution in [0.5, 0.6) is 0 Å². The molecule has 4 nitrogen and oxygen atoms in total. The van der Waals surface area contributed by atoms with E-state index >= 15 is 0 Å². The average Bonchev–Trinajstić information content (AvgIpc) is 2.39. The van der Waals surface area contributed by atoms with Gasteiger partial charge in [-0.25, -0.2) is 0 Å². The molecule has 0 saturated carbocycles. The van der Waals surface area contributed by atoms with Gasteiger partial charge in [-0.2, -0.15) is 0 Å². The first-order valence-electron chi connectivity index (χ1n) is 5.14.